The van der Waals surface area contributed by atoms with E-state index in [4.69, 9.17) is 0 Å². The maximum Gasteiger partial charge on any atom is 0.432 e. The molecule has 0 saturated heterocycles. The van der Waals surface area contributed by atoms with Gasteiger partial charge in [0.15, 0.2) is 0 Å². The lowest BCUT2D eigenvalue weighted by atomic mass is 10.00. The van der Waals surface area contributed by atoms with Crippen LogP contribution in [0, 0.1) is 0 Å². The lowest BCUT2D eigenvalue weighted by Gasteiger charge is -2.18. The number of hydrogen-bond acceptors (Lipinski definition) is 1. The topological polar surface area (TPSA) is 12.4 Å². The van der Waals surface area contributed by atoms with Crippen molar-refractivity contribution in [2.75, 3.05) is 0 Å². The number of nitrogens with zero attached hydrogens (tertiary/aromatic N) is 1. The second-order valence-corrected chi connectivity index (χ2v) is 3.22. The van der Waals surface area contributed by atoms with Gasteiger partial charge >= 0.3 is 6.18 Å². The highest BCUT2D eigenvalue weighted by molar-refractivity contribution is 6.00. The Kier molecular flexibility index (Phi) is 2.78. The largest absolute Gasteiger partial charge is 0.432 e. The van der Waals surface area contributed by atoms with Gasteiger partial charge in [-0.3, -0.25) is 4.99 Å². The molecular weight excluding hydrogens is 179 g/mol. The third-order valence-corrected chi connectivity index (χ3v) is 2.00. The summed E-state index contributed by atoms with van der Waals surface area (Å²) in [5, 5.41) is 0. The Bertz CT molecular complexity index is 250. The van der Waals surface area contributed by atoms with E-state index in [0.29, 0.717) is 12.8 Å². The predicted molar refractivity (Wildman–Crippen MR) is 45.9 cm³/mol. The van der Waals surface area contributed by atoms with Crippen molar-refractivity contribution in [2.24, 2.45) is 4.99 Å². The molecule has 1 atom stereocenters. The molecule has 0 bridgehead atoms. The maximum absolute atomic E-state index is 12.2. The average molecular weight is 191 g/mol. The summed E-state index contributed by atoms with van der Waals surface area (Å²) >= 11 is 0. The zero-order valence-corrected chi connectivity index (χ0v) is 7.65. The summed E-state index contributed by atoms with van der Waals surface area (Å²) in [6.07, 6.45) is -1.81. The molecule has 74 valence electrons. The zero-order valence-electron chi connectivity index (χ0n) is 7.65. The van der Waals surface area contributed by atoms with E-state index >= 15 is 0 Å². The molecule has 1 heterocycles. The van der Waals surface area contributed by atoms with Crippen LogP contribution in [0.5, 0.6) is 0 Å². The van der Waals surface area contributed by atoms with Gasteiger partial charge in [0.05, 0.1) is 6.04 Å². The standard InChI is InChI=1S/C9H12F3N/c1-3-7-4-6(2)13-8(5-7)9(10,11)12/h5-6H,3-4H2,1-2H3. The van der Waals surface area contributed by atoms with Crippen LogP contribution in [0.3, 0.4) is 0 Å². The Hall–Kier alpha value is -0.800. The van der Waals surface area contributed by atoms with Gasteiger partial charge in [0.2, 0.25) is 0 Å². The molecule has 4 heteroatoms. The van der Waals surface area contributed by atoms with Gasteiger partial charge in [0, 0.05) is 0 Å². The van der Waals surface area contributed by atoms with E-state index in [1.807, 2.05) is 6.92 Å². The van der Waals surface area contributed by atoms with Crippen LogP contribution in [-0.4, -0.2) is 17.9 Å². The van der Waals surface area contributed by atoms with E-state index < -0.39 is 11.9 Å². The molecule has 0 aromatic rings. The molecule has 0 spiro atoms. The number of halogens is 3. The molecule has 0 saturated carbocycles. The molecule has 0 radical (unpaired) electrons. The molecule has 1 aliphatic rings. The van der Waals surface area contributed by atoms with Gasteiger partial charge in [-0.2, -0.15) is 13.2 Å². The molecule has 0 aromatic heterocycles. The van der Waals surface area contributed by atoms with Crippen LogP contribution in [0.15, 0.2) is 16.6 Å². The SMILES string of the molecule is CCC1=CC(C(F)(F)F)=NC(C)C1. The minimum Gasteiger partial charge on any atom is -0.277 e. The van der Waals surface area contributed by atoms with Crippen LogP contribution in [0.4, 0.5) is 13.2 Å². The monoisotopic (exact) mass is 191 g/mol. The molecule has 1 unspecified atom stereocenters. The van der Waals surface area contributed by atoms with Crippen molar-refractivity contribution < 1.29 is 13.2 Å². The lowest BCUT2D eigenvalue weighted by molar-refractivity contribution is -0.0582. The number of alkyl halides is 3. The minimum absolute atomic E-state index is 0.239. The summed E-state index contributed by atoms with van der Waals surface area (Å²) < 4.78 is 36.7. The maximum atomic E-state index is 12.2. The summed E-state index contributed by atoms with van der Waals surface area (Å²) in [6.45, 7) is 3.56. The van der Waals surface area contributed by atoms with Crippen molar-refractivity contribution >= 4 is 5.71 Å². The Balaban J connectivity index is 2.91. The molecule has 0 fully saturated rings. The molecule has 0 amide bonds. The summed E-state index contributed by atoms with van der Waals surface area (Å²) in [7, 11) is 0. The Morgan fingerprint density at radius 1 is 1.54 bits per heavy atom. The van der Waals surface area contributed by atoms with Gasteiger partial charge in [-0.1, -0.05) is 12.5 Å². The van der Waals surface area contributed by atoms with Crippen molar-refractivity contribution in [3.63, 3.8) is 0 Å². The van der Waals surface area contributed by atoms with Crippen molar-refractivity contribution in [3.05, 3.63) is 11.6 Å². The molecule has 13 heavy (non-hydrogen) atoms. The van der Waals surface area contributed by atoms with E-state index in [9.17, 15) is 13.2 Å². The highest BCUT2D eigenvalue weighted by atomic mass is 19.4. The molecule has 0 aliphatic carbocycles. The summed E-state index contributed by atoms with van der Waals surface area (Å²) in [4.78, 5) is 3.57. The van der Waals surface area contributed by atoms with E-state index in [1.165, 1.54) is 6.08 Å². The third-order valence-electron chi connectivity index (χ3n) is 2.00. The molecular formula is C9H12F3N. The fourth-order valence-corrected chi connectivity index (χ4v) is 1.35. The fraction of sp³-hybridized carbons (Fsp3) is 0.667. The normalized spacial score (nSPS) is 23.9. The first-order valence-corrected chi connectivity index (χ1v) is 4.28. The van der Waals surface area contributed by atoms with Crippen molar-refractivity contribution in [3.8, 4) is 0 Å². The Morgan fingerprint density at radius 3 is 2.62 bits per heavy atom. The van der Waals surface area contributed by atoms with Crippen LogP contribution >= 0.6 is 0 Å². The number of allylic oxidation sites excluding steroid dienone is 1. The molecule has 1 rings (SSSR count). The quantitative estimate of drug-likeness (QED) is 0.603. The van der Waals surface area contributed by atoms with E-state index in [-0.39, 0.29) is 6.04 Å². The van der Waals surface area contributed by atoms with Crippen molar-refractivity contribution in [1.82, 2.24) is 0 Å². The molecule has 0 N–H and O–H groups in total. The van der Waals surface area contributed by atoms with Crippen LogP contribution in [-0.2, 0) is 0 Å². The summed E-state index contributed by atoms with van der Waals surface area (Å²) in [5.74, 6) is 0. The second-order valence-electron chi connectivity index (χ2n) is 3.22. The third kappa shape index (κ3) is 2.57. The van der Waals surface area contributed by atoms with Gasteiger partial charge in [0.25, 0.3) is 0 Å². The van der Waals surface area contributed by atoms with Crippen molar-refractivity contribution in [2.45, 2.75) is 38.9 Å². The summed E-state index contributed by atoms with van der Waals surface area (Å²) in [6, 6.07) is -0.239. The van der Waals surface area contributed by atoms with Crippen LogP contribution < -0.4 is 0 Å². The van der Waals surface area contributed by atoms with Crippen LogP contribution in [0.25, 0.3) is 0 Å². The lowest BCUT2D eigenvalue weighted by Crippen LogP contribution is -2.26. The average Bonchev–Trinajstić information content (AvgIpc) is 2.01. The van der Waals surface area contributed by atoms with E-state index in [2.05, 4.69) is 4.99 Å². The first-order valence-electron chi connectivity index (χ1n) is 4.28. The number of rotatable bonds is 1. The predicted octanol–water partition coefficient (Wildman–Crippen LogP) is 3.12. The molecule has 0 aromatic carbocycles. The summed E-state index contributed by atoms with van der Waals surface area (Å²) in [5.41, 5.74) is 0.0953. The fourth-order valence-electron chi connectivity index (χ4n) is 1.35. The highest BCUT2D eigenvalue weighted by Gasteiger charge is 2.35. The highest BCUT2D eigenvalue weighted by Crippen LogP contribution is 2.26. The Labute approximate surface area is 75.4 Å². The smallest absolute Gasteiger partial charge is 0.277 e. The molecule has 1 aliphatic heterocycles. The number of dihydropyridines is 1. The number of aliphatic imine (C=N–C) groups is 1. The van der Waals surface area contributed by atoms with E-state index in [1.54, 1.807) is 6.92 Å². The minimum atomic E-state index is -4.30. The Morgan fingerprint density at radius 2 is 2.15 bits per heavy atom. The van der Waals surface area contributed by atoms with E-state index in [0.717, 1.165) is 5.57 Å². The van der Waals surface area contributed by atoms with Crippen molar-refractivity contribution in [1.29, 1.82) is 0 Å². The van der Waals surface area contributed by atoms with Crippen LogP contribution in [0.1, 0.15) is 26.7 Å². The molecule has 1 nitrogen and oxygen atoms in total. The van der Waals surface area contributed by atoms with Gasteiger partial charge in [-0.25, -0.2) is 0 Å². The first kappa shape index (κ1) is 10.3. The zero-order chi connectivity index (χ0) is 10.1. The first-order chi connectivity index (χ1) is 5.93. The van der Waals surface area contributed by atoms with Crippen LogP contribution in [0.2, 0.25) is 0 Å². The second kappa shape index (κ2) is 3.52. The number of hydrogen-bond donors (Lipinski definition) is 0. The van der Waals surface area contributed by atoms with Gasteiger partial charge in [0.1, 0.15) is 5.71 Å². The van der Waals surface area contributed by atoms with Gasteiger partial charge in [-0.15, -0.1) is 0 Å². The van der Waals surface area contributed by atoms with Gasteiger partial charge < -0.3 is 0 Å². The van der Waals surface area contributed by atoms with Gasteiger partial charge in [-0.05, 0) is 25.8 Å².